The Hall–Kier alpha value is 0.860. The Bertz CT molecular complexity index is 414. The summed E-state index contributed by atoms with van der Waals surface area (Å²) in [6, 6.07) is 0. The predicted octanol–water partition coefficient (Wildman–Crippen LogP) is 14.7. The number of rotatable bonds is 30. The smallest absolute Gasteiger partial charge is 0.0106 e. The van der Waals surface area contributed by atoms with Gasteiger partial charge in [-0.3, -0.25) is 0 Å². The molecule has 234 valence electrons. The van der Waals surface area contributed by atoms with E-state index in [0.29, 0.717) is 0 Å². The van der Waals surface area contributed by atoms with Gasteiger partial charge in [0.25, 0.3) is 0 Å². The van der Waals surface area contributed by atoms with Crippen molar-refractivity contribution in [3.05, 3.63) is 0 Å². The van der Waals surface area contributed by atoms with E-state index in [1.54, 1.807) is 76.0 Å². The fraction of sp³-hybridized carbons (Fsp3) is 1.00. The Morgan fingerprint density at radius 2 is 0.564 bits per heavy atom. The summed E-state index contributed by atoms with van der Waals surface area (Å²) < 4.78 is 0. The number of hydrogen-bond donors (Lipinski definition) is 0. The summed E-state index contributed by atoms with van der Waals surface area (Å²) in [5, 5.41) is 0. The maximum atomic E-state index is 2.36. The monoisotopic (exact) mass is 583 g/mol. The van der Waals surface area contributed by atoms with E-state index in [-0.39, 0.29) is 15.8 Å². The summed E-state index contributed by atoms with van der Waals surface area (Å²) in [5.41, 5.74) is 0. The Labute approximate surface area is 252 Å². The van der Waals surface area contributed by atoms with Gasteiger partial charge >= 0.3 is 0 Å². The number of hydrogen-bond acceptors (Lipinski definition) is 0. The number of unbranched alkanes of at least 4 members (excludes halogenated alkanes) is 20. The van der Waals surface area contributed by atoms with Gasteiger partial charge < -0.3 is 0 Å². The van der Waals surface area contributed by atoms with Gasteiger partial charge in [0.15, 0.2) is 0 Å². The summed E-state index contributed by atoms with van der Waals surface area (Å²) in [6.45, 7) is 9.44. The lowest BCUT2D eigenvalue weighted by Gasteiger charge is -2.46. The zero-order valence-corrected chi connectivity index (χ0v) is 29.8. The molecule has 39 heavy (non-hydrogen) atoms. The van der Waals surface area contributed by atoms with Gasteiger partial charge in [0.2, 0.25) is 0 Å². The highest BCUT2D eigenvalue weighted by Gasteiger charge is 2.45. The van der Waals surface area contributed by atoms with Gasteiger partial charge in [-0.2, -0.15) is 0 Å². The second-order valence-corrected chi connectivity index (χ2v) is 19.2. The maximum Gasteiger partial charge on any atom is 0.0106 e. The first-order valence-corrected chi connectivity index (χ1v) is 22.2. The SMILES string of the molecule is CCCCCCCCP(CCCCCCCC)C1(P(CCCCCCCC)CCCCCCCC)CCCC1. The molecule has 0 aromatic heterocycles. The highest BCUT2D eigenvalue weighted by atomic mass is 31.2. The Balaban J connectivity index is 2.86. The van der Waals surface area contributed by atoms with E-state index in [9.17, 15) is 0 Å². The summed E-state index contributed by atoms with van der Waals surface area (Å²) in [7, 11) is 0.468. The second-order valence-electron chi connectivity index (χ2n) is 13.2. The van der Waals surface area contributed by atoms with Gasteiger partial charge in [-0.25, -0.2) is 0 Å². The van der Waals surface area contributed by atoms with E-state index in [1.807, 2.05) is 0 Å². The van der Waals surface area contributed by atoms with Crippen molar-refractivity contribution in [1.29, 1.82) is 0 Å². The fourth-order valence-corrected chi connectivity index (χ4v) is 16.4. The van der Waals surface area contributed by atoms with E-state index in [1.165, 1.54) is 128 Å². The molecular formula is C37H76P2. The highest BCUT2D eigenvalue weighted by molar-refractivity contribution is 7.77. The molecule has 1 aliphatic carbocycles. The molecule has 0 nitrogen and oxygen atoms in total. The molecule has 0 saturated heterocycles. The summed E-state index contributed by atoms with van der Waals surface area (Å²) in [5.74, 6) is 0. The molecule has 1 fully saturated rings. The minimum atomic E-state index is 0.234. The van der Waals surface area contributed by atoms with Crippen molar-refractivity contribution in [2.75, 3.05) is 24.6 Å². The van der Waals surface area contributed by atoms with Crippen LogP contribution in [-0.4, -0.2) is 29.5 Å². The van der Waals surface area contributed by atoms with Crippen LogP contribution in [0.2, 0.25) is 0 Å². The molecule has 0 aliphatic heterocycles. The zero-order chi connectivity index (χ0) is 28.3. The van der Waals surface area contributed by atoms with E-state index in [0.717, 1.165) is 4.90 Å². The van der Waals surface area contributed by atoms with E-state index < -0.39 is 0 Å². The van der Waals surface area contributed by atoms with E-state index in [4.69, 9.17) is 0 Å². The molecule has 0 heterocycles. The molecule has 0 aromatic carbocycles. The largest absolute Gasteiger partial charge is 0.0959 e. The molecule has 2 heteroatoms. The third kappa shape index (κ3) is 18.2. The van der Waals surface area contributed by atoms with Gasteiger partial charge in [-0.1, -0.05) is 185 Å². The standard InChI is InChI=1S/C37H76P2/c1-5-9-13-17-21-27-33-38(34-28-22-18-14-10-6-2)37(31-25-26-32-37)39(35-29-23-19-15-11-7-3)36-30-24-20-16-12-8-4/h5-36H2,1-4H3. The Morgan fingerprint density at radius 3 is 0.821 bits per heavy atom. The van der Waals surface area contributed by atoms with Crippen molar-refractivity contribution in [2.45, 2.75) is 212 Å². The van der Waals surface area contributed by atoms with Crippen LogP contribution in [-0.2, 0) is 0 Å². The van der Waals surface area contributed by atoms with E-state index >= 15 is 0 Å². The molecule has 0 amide bonds. The van der Waals surface area contributed by atoms with Crippen molar-refractivity contribution in [3.63, 3.8) is 0 Å². The van der Waals surface area contributed by atoms with Crippen molar-refractivity contribution < 1.29 is 0 Å². The van der Waals surface area contributed by atoms with Crippen LogP contribution in [0.4, 0.5) is 0 Å². The molecule has 1 saturated carbocycles. The van der Waals surface area contributed by atoms with Crippen LogP contribution < -0.4 is 0 Å². The lowest BCUT2D eigenvalue weighted by atomic mass is 10.1. The molecule has 0 unspecified atom stereocenters. The Morgan fingerprint density at radius 1 is 0.333 bits per heavy atom. The van der Waals surface area contributed by atoms with Crippen molar-refractivity contribution >= 4 is 15.8 Å². The molecule has 0 radical (unpaired) electrons. The molecular weight excluding hydrogens is 506 g/mol. The quantitative estimate of drug-likeness (QED) is 0.0583. The molecule has 1 rings (SSSR count). The van der Waals surface area contributed by atoms with Crippen LogP contribution in [0, 0.1) is 0 Å². The molecule has 0 aromatic rings. The van der Waals surface area contributed by atoms with Gasteiger partial charge in [-0.15, -0.1) is 0 Å². The summed E-state index contributed by atoms with van der Waals surface area (Å²) in [4.78, 5) is 0.838. The first-order valence-electron chi connectivity index (χ1n) is 18.7. The van der Waals surface area contributed by atoms with Gasteiger partial charge in [0, 0.05) is 4.90 Å². The summed E-state index contributed by atoms with van der Waals surface area (Å²) >= 11 is 0. The minimum Gasteiger partial charge on any atom is -0.0959 e. The highest BCUT2D eigenvalue weighted by Crippen LogP contribution is 2.74. The van der Waals surface area contributed by atoms with Gasteiger partial charge in [0.05, 0.1) is 0 Å². The average molecular weight is 583 g/mol. The van der Waals surface area contributed by atoms with Gasteiger partial charge in [-0.05, 0) is 63.2 Å². The normalized spacial score (nSPS) is 15.2. The minimum absolute atomic E-state index is 0.234. The van der Waals surface area contributed by atoms with Gasteiger partial charge in [0.1, 0.15) is 0 Å². The molecule has 1 aliphatic rings. The lowest BCUT2D eigenvalue weighted by Crippen LogP contribution is -2.26. The molecule has 0 N–H and O–H groups in total. The van der Waals surface area contributed by atoms with Crippen LogP contribution in [0.1, 0.15) is 207 Å². The maximum absolute atomic E-state index is 2.36. The van der Waals surface area contributed by atoms with Crippen LogP contribution in [0.15, 0.2) is 0 Å². The predicted molar refractivity (Wildman–Crippen MR) is 188 cm³/mol. The van der Waals surface area contributed by atoms with Crippen LogP contribution in [0.5, 0.6) is 0 Å². The molecule has 0 atom stereocenters. The summed E-state index contributed by atoms with van der Waals surface area (Å²) in [6.07, 6.45) is 48.6. The van der Waals surface area contributed by atoms with Crippen molar-refractivity contribution in [1.82, 2.24) is 0 Å². The topological polar surface area (TPSA) is 0 Å². The molecule has 0 bridgehead atoms. The first-order chi connectivity index (χ1) is 19.2. The second kappa shape index (κ2) is 27.7. The third-order valence-corrected chi connectivity index (χ3v) is 18.1. The van der Waals surface area contributed by atoms with E-state index in [2.05, 4.69) is 27.7 Å². The van der Waals surface area contributed by atoms with Crippen LogP contribution in [0.25, 0.3) is 0 Å². The third-order valence-electron chi connectivity index (χ3n) is 9.71. The zero-order valence-electron chi connectivity index (χ0n) is 28.0. The fourth-order valence-electron chi connectivity index (χ4n) is 7.16. The Kier molecular flexibility index (Phi) is 26.9. The van der Waals surface area contributed by atoms with Crippen LogP contribution in [0.3, 0.4) is 0 Å². The van der Waals surface area contributed by atoms with Crippen molar-refractivity contribution in [3.8, 4) is 0 Å². The average Bonchev–Trinajstić information content (AvgIpc) is 3.44. The first kappa shape index (κ1) is 37.9. The van der Waals surface area contributed by atoms with Crippen LogP contribution >= 0.6 is 15.8 Å². The lowest BCUT2D eigenvalue weighted by molar-refractivity contribution is 0.616. The molecule has 0 spiro atoms. The van der Waals surface area contributed by atoms with Crippen molar-refractivity contribution in [2.24, 2.45) is 0 Å².